The van der Waals surface area contributed by atoms with E-state index in [0.717, 1.165) is 37.3 Å². The van der Waals surface area contributed by atoms with Crippen LogP contribution in [0, 0.1) is 40.7 Å². The van der Waals surface area contributed by atoms with E-state index in [1.54, 1.807) is 6.20 Å². The molecule has 236 valence electrons. The van der Waals surface area contributed by atoms with Gasteiger partial charge in [-0.3, -0.25) is 14.4 Å². The average Bonchev–Trinajstić information content (AvgIpc) is 3.98. The number of rotatable bonds is 8. The lowest BCUT2D eigenvalue weighted by Crippen LogP contribution is -2.53. The zero-order valence-corrected chi connectivity index (χ0v) is 25.0. The molecule has 2 aromatic carbocycles. The molecule has 4 aliphatic rings. The Balaban J connectivity index is 1.28. The van der Waals surface area contributed by atoms with E-state index >= 15 is 0 Å². The first kappa shape index (κ1) is 29.6. The van der Waals surface area contributed by atoms with E-state index in [2.05, 4.69) is 27.0 Å². The summed E-state index contributed by atoms with van der Waals surface area (Å²) in [5.41, 5.74) is 0.196. The Morgan fingerprint density at radius 2 is 1.96 bits per heavy atom. The summed E-state index contributed by atoms with van der Waals surface area (Å²) in [7, 11) is 1.51. The van der Waals surface area contributed by atoms with Crippen LogP contribution in [0.3, 0.4) is 0 Å². The summed E-state index contributed by atoms with van der Waals surface area (Å²) in [6.45, 7) is -0.302. The lowest BCUT2D eigenvalue weighted by molar-refractivity contribution is -0.137. The molecule has 3 fully saturated rings. The largest absolute Gasteiger partial charge is 0.473 e. The molecule has 2 N–H and O–H groups in total. The monoisotopic (exact) mass is 627 g/mol. The number of anilines is 1. The van der Waals surface area contributed by atoms with Crippen LogP contribution in [0.4, 0.5) is 14.5 Å². The third-order valence-electron chi connectivity index (χ3n) is 9.20. The molecule has 1 spiro atoms. The summed E-state index contributed by atoms with van der Waals surface area (Å²) >= 11 is 0. The van der Waals surface area contributed by atoms with Gasteiger partial charge in [0.15, 0.2) is 11.6 Å². The maximum absolute atomic E-state index is 14.7. The SMILES string of the molecule is CNC(=O)C(=C(C1CC1)[C@H](CC1CC1)C(=O)N1C[C@@]2(C[C@H]1C#N)Oc1cc(F)cc(F)c1NC2=O)n1cc(-c2ccccc2)nn1. The van der Waals surface area contributed by atoms with Crippen molar-refractivity contribution in [1.29, 1.82) is 5.26 Å². The number of hydrogen-bond acceptors (Lipinski definition) is 7. The van der Waals surface area contributed by atoms with Crippen LogP contribution < -0.4 is 15.4 Å². The molecule has 2 aliphatic heterocycles. The predicted molar refractivity (Wildman–Crippen MR) is 160 cm³/mol. The minimum Gasteiger partial charge on any atom is -0.473 e. The topological polar surface area (TPSA) is 142 Å². The lowest BCUT2D eigenvalue weighted by Gasteiger charge is -2.34. The standard InChI is InChI=1S/C33H31F2N7O4/c1-37-30(43)29(42-16-25(39-40-42)19-5-3-2-4-6-19)27(20-9-10-20)23(11-18-7-8-18)31(44)41-17-33(14-22(41)15-36)32(45)38-28-24(35)12-21(34)13-26(28)46-33/h2-6,12-13,16,18,20,22-23H,7-11,14,17H2,1H3,(H,37,43)(H,38,45)/t22-,23-,33+/m0/s1. The molecule has 1 saturated heterocycles. The number of aromatic nitrogens is 3. The fourth-order valence-corrected chi connectivity index (χ4v) is 6.58. The number of benzene rings is 2. The van der Waals surface area contributed by atoms with Gasteiger partial charge in [0.2, 0.25) is 11.5 Å². The van der Waals surface area contributed by atoms with Crippen molar-refractivity contribution in [2.24, 2.45) is 17.8 Å². The van der Waals surface area contributed by atoms with Crippen LogP contribution in [-0.4, -0.2) is 62.9 Å². The van der Waals surface area contributed by atoms with Crippen LogP contribution in [0.1, 0.15) is 38.5 Å². The van der Waals surface area contributed by atoms with E-state index in [-0.39, 0.29) is 41.9 Å². The average molecular weight is 628 g/mol. The summed E-state index contributed by atoms with van der Waals surface area (Å²) < 4.78 is 35.9. The van der Waals surface area contributed by atoms with Crippen molar-refractivity contribution in [1.82, 2.24) is 25.2 Å². The zero-order chi connectivity index (χ0) is 32.2. The van der Waals surface area contributed by atoms with Crippen LogP contribution in [0.5, 0.6) is 5.75 Å². The number of carbonyl (C=O) groups excluding carboxylic acids is 3. The van der Waals surface area contributed by atoms with Gasteiger partial charge in [0.05, 0.1) is 24.7 Å². The van der Waals surface area contributed by atoms with Gasteiger partial charge >= 0.3 is 0 Å². The molecule has 0 bridgehead atoms. The number of likely N-dealkylation sites (tertiary alicyclic amines) is 1. The van der Waals surface area contributed by atoms with Crippen LogP contribution in [0.25, 0.3) is 17.0 Å². The van der Waals surface area contributed by atoms with Gasteiger partial charge in [0.1, 0.15) is 28.9 Å². The molecule has 13 heteroatoms. The predicted octanol–water partition coefficient (Wildman–Crippen LogP) is 3.90. The highest BCUT2D eigenvalue weighted by atomic mass is 19.1. The highest BCUT2D eigenvalue weighted by molar-refractivity contribution is 6.15. The van der Waals surface area contributed by atoms with Gasteiger partial charge in [-0.05, 0) is 36.7 Å². The number of amides is 3. The number of nitrogens with one attached hydrogen (secondary N) is 2. The van der Waals surface area contributed by atoms with Gasteiger partial charge in [-0.25, -0.2) is 13.5 Å². The van der Waals surface area contributed by atoms with Crippen molar-refractivity contribution in [3.05, 3.63) is 65.9 Å². The Bertz CT molecular complexity index is 1810. The zero-order valence-electron chi connectivity index (χ0n) is 25.0. The number of likely N-dealkylation sites (N-methyl/N-ethyl adjacent to an activating group) is 1. The minimum atomic E-state index is -1.73. The van der Waals surface area contributed by atoms with Crippen LogP contribution in [0.15, 0.2) is 54.2 Å². The van der Waals surface area contributed by atoms with Gasteiger partial charge in [-0.15, -0.1) is 5.10 Å². The maximum atomic E-state index is 14.7. The first-order valence-electron chi connectivity index (χ1n) is 15.3. The van der Waals surface area contributed by atoms with E-state index in [1.807, 2.05) is 30.3 Å². The number of halogens is 2. The van der Waals surface area contributed by atoms with Crippen molar-refractivity contribution in [3.63, 3.8) is 0 Å². The molecule has 46 heavy (non-hydrogen) atoms. The minimum absolute atomic E-state index is 0.0615. The van der Waals surface area contributed by atoms with Gasteiger partial charge in [-0.2, -0.15) is 5.26 Å². The van der Waals surface area contributed by atoms with Gasteiger partial charge < -0.3 is 20.3 Å². The van der Waals surface area contributed by atoms with Gasteiger partial charge in [-0.1, -0.05) is 48.4 Å². The van der Waals surface area contributed by atoms with Crippen molar-refractivity contribution in [2.75, 3.05) is 18.9 Å². The van der Waals surface area contributed by atoms with Gasteiger partial charge in [0.25, 0.3) is 11.8 Å². The molecule has 0 radical (unpaired) electrons. The Labute approximate surface area is 263 Å². The van der Waals surface area contributed by atoms with Crippen LogP contribution in [-0.2, 0) is 14.4 Å². The molecule has 11 nitrogen and oxygen atoms in total. The molecular formula is C33H31F2N7O4. The molecule has 2 aliphatic carbocycles. The molecule has 1 aromatic heterocycles. The Morgan fingerprint density at radius 1 is 1.20 bits per heavy atom. The van der Waals surface area contributed by atoms with Gasteiger partial charge in [0, 0.05) is 31.2 Å². The normalized spacial score (nSPS) is 23.1. The van der Waals surface area contributed by atoms with E-state index in [1.165, 1.54) is 16.6 Å². The molecule has 2 saturated carbocycles. The van der Waals surface area contributed by atoms with Crippen LogP contribution in [0.2, 0.25) is 0 Å². The summed E-state index contributed by atoms with van der Waals surface area (Å²) in [6, 6.07) is 12.1. The summed E-state index contributed by atoms with van der Waals surface area (Å²) in [5, 5.41) is 24.0. The summed E-state index contributed by atoms with van der Waals surface area (Å²) in [5.74, 6) is -4.23. The maximum Gasteiger partial charge on any atom is 0.270 e. The molecule has 0 unspecified atom stereocenters. The van der Waals surface area contributed by atoms with Crippen molar-refractivity contribution < 1.29 is 27.9 Å². The molecule has 3 heterocycles. The second kappa shape index (κ2) is 11.3. The highest BCUT2D eigenvalue weighted by Gasteiger charge is 2.57. The number of nitriles is 1. The fraction of sp³-hybridized carbons (Fsp3) is 0.394. The number of carbonyl (C=O) groups is 3. The quantitative estimate of drug-likeness (QED) is 0.361. The Morgan fingerprint density at radius 3 is 2.63 bits per heavy atom. The number of nitrogens with zero attached hydrogens (tertiary/aromatic N) is 5. The van der Waals surface area contributed by atoms with E-state index in [0.29, 0.717) is 23.8 Å². The second-order valence-electron chi connectivity index (χ2n) is 12.4. The molecule has 3 atom stereocenters. The third-order valence-corrected chi connectivity index (χ3v) is 9.20. The van der Waals surface area contributed by atoms with Crippen molar-refractivity contribution >= 4 is 29.1 Å². The number of hydrogen-bond donors (Lipinski definition) is 2. The third kappa shape index (κ3) is 5.27. The number of fused-ring (bicyclic) bond motifs is 1. The van der Waals surface area contributed by atoms with E-state index < -0.39 is 46.9 Å². The molecule has 3 amide bonds. The Kier molecular flexibility index (Phi) is 7.30. The van der Waals surface area contributed by atoms with E-state index in [9.17, 15) is 28.4 Å². The summed E-state index contributed by atoms with van der Waals surface area (Å²) in [6.07, 6.45) is 5.35. The van der Waals surface area contributed by atoms with E-state index in [4.69, 9.17) is 4.74 Å². The van der Waals surface area contributed by atoms with Crippen molar-refractivity contribution in [2.45, 2.75) is 50.2 Å². The number of ether oxygens (including phenoxy) is 1. The van der Waals surface area contributed by atoms with Crippen molar-refractivity contribution in [3.8, 4) is 23.1 Å². The van der Waals surface area contributed by atoms with Crippen LogP contribution >= 0.6 is 0 Å². The second-order valence-corrected chi connectivity index (χ2v) is 12.4. The molecular weight excluding hydrogens is 596 g/mol. The molecule has 3 aromatic rings. The summed E-state index contributed by atoms with van der Waals surface area (Å²) in [4.78, 5) is 43.0. The lowest BCUT2D eigenvalue weighted by atomic mass is 9.86. The molecule has 7 rings (SSSR count). The fourth-order valence-electron chi connectivity index (χ4n) is 6.58. The highest BCUT2D eigenvalue weighted by Crippen LogP contribution is 2.49. The first-order chi connectivity index (χ1) is 22.2. The Hall–Kier alpha value is -5.12. The smallest absolute Gasteiger partial charge is 0.270 e. The first-order valence-corrected chi connectivity index (χ1v) is 15.3.